The molecule has 4 bridgehead atoms. The molecule has 5 aliphatic rings. The average molecular weight is 404 g/mol. The van der Waals surface area contributed by atoms with Crippen molar-refractivity contribution >= 4 is 21.8 Å². The molecular weight excluding hydrogens is 374 g/mol. The lowest BCUT2D eigenvalue weighted by atomic mass is 9.53. The van der Waals surface area contributed by atoms with Crippen molar-refractivity contribution in [1.29, 1.82) is 0 Å². The summed E-state index contributed by atoms with van der Waals surface area (Å²) in [4.78, 5) is 12.9. The van der Waals surface area contributed by atoms with Crippen molar-refractivity contribution in [3.05, 3.63) is 30.3 Å². The van der Waals surface area contributed by atoms with E-state index in [1.54, 1.807) is 12.1 Å². The number of hydrogen-bond donors (Lipinski definition) is 1. The van der Waals surface area contributed by atoms with Crippen molar-refractivity contribution in [2.45, 2.75) is 50.5 Å². The fraction of sp³-hybridized carbons (Fsp3) is 0.667. The molecule has 152 valence electrons. The molecule has 5 fully saturated rings. The highest BCUT2D eigenvalue weighted by molar-refractivity contribution is 7.90. The molecule has 1 aromatic carbocycles. The van der Waals surface area contributed by atoms with Crippen LogP contribution in [0.25, 0.3) is 0 Å². The summed E-state index contributed by atoms with van der Waals surface area (Å²) in [5.74, 6) is 2.11. The van der Waals surface area contributed by atoms with Gasteiger partial charge in [-0.05, 0) is 74.8 Å². The Morgan fingerprint density at radius 2 is 1.61 bits per heavy atom. The van der Waals surface area contributed by atoms with Gasteiger partial charge in [0, 0.05) is 18.6 Å². The maximum absolute atomic E-state index is 13.1. The van der Waals surface area contributed by atoms with Crippen LogP contribution in [0.15, 0.2) is 30.3 Å². The van der Waals surface area contributed by atoms with Gasteiger partial charge in [-0.15, -0.1) is 0 Å². The van der Waals surface area contributed by atoms with Crippen molar-refractivity contribution < 1.29 is 13.2 Å². The Bertz CT molecular complexity index is 820. The molecule has 7 heteroatoms. The SMILES string of the molecule is O=C(CN1CCCN(c2ccccc2)S1(=O)=O)NC12CC3CC(CC(C3)C1)C2. The smallest absolute Gasteiger partial charge is 0.304 e. The van der Waals surface area contributed by atoms with E-state index in [2.05, 4.69) is 5.32 Å². The summed E-state index contributed by atoms with van der Waals surface area (Å²) in [5.41, 5.74) is 0.582. The summed E-state index contributed by atoms with van der Waals surface area (Å²) in [7, 11) is -3.67. The number of hydrogen-bond acceptors (Lipinski definition) is 3. The van der Waals surface area contributed by atoms with Crippen molar-refractivity contribution in [3.8, 4) is 0 Å². The second-order valence-corrected chi connectivity index (χ2v) is 11.2. The van der Waals surface area contributed by atoms with Gasteiger partial charge < -0.3 is 5.32 Å². The van der Waals surface area contributed by atoms with Crippen LogP contribution in [0.3, 0.4) is 0 Å². The first-order valence-corrected chi connectivity index (χ1v) is 12.0. The summed E-state index contributed by atoms with van der Waals surface area (Å²) in [6, 6.07) is 9.15. The molecule has 1 amide bonds. The third kappa shape index (κ3) is 3.22. The van der Waals surface area contributed by atoms with Crippen LogP contribution in [0.4, 0.5) is 5.69 Å². The van der Waals surface area contributed by atoms with Crippen LogP contribution in [-0.4, -0.2) is 43.8 Å². The topological polar surface area (TPSA) is 69.7 Å². The highest BCUT2D eigenvalue weighted by Crippen LogP contribution is 2.55. The quantitative estimate of drug-likeness (QED) is 0.840. The van der Waals surface area contributed by atoms with Crippen LogP contribution in [0.1, 0.15) is 44.9 Å². The third-order valence-electron chi connectivity index (χ3n) is 7.18. The summed E-state index contributed by atoms with van der Waals surface area (Å²) < 4.78 is 28.9. The summed E-state index contributed by atoms with van der Waals surface area (Å²) in [6.07, 6.45) is 7.92. The number of rotatable bonds is 4. The minimum Gasteiger partial charge on any atom is -0.349 e. The Morgan fingerprint density at radius 1 is 1.00 bits per heavy atom. The molecule has 4 aliphatic carbocycles. The zero-order valence-electron chi connectivity index (χ0n) is 16.2. The first-order valence-electron chi connectivity index (χ1n) is 10.6. The maximum Gasteiger partial charge on any atom is 0.304 e. The largest absolute Gasteiger partial charge is 0.349 e. The number of nitrogens with one attached hydrogen (secondary N) is 1. The minimum absolute atomic E-state index is 0.0760. The molecule has 1 aliphatic heterocycles. The molecule has 1 N–H and O–H groups in total. The summed E-state index contributed by atoms with van der Waals surface area (Å²) >= 11 is 0. The number of carbonyl (C=O) groups is 1. The Morgan fingerprint density at radius 3 is 2.21 bits per heavy atom. The van der Waals surface area contributed by atoms with E-state index in [1.807, 2.05) is 18.2 Å². The lowest BCUT2D eigenvalue weighted by Crippen LogP contribution is -2.61. The van der Waals surface area contributed by atoms with E-state index in [4.69, 9.17) is 0 Å². The van der Waals surface area contributed by atoms with E-state index < -0.39 is 10.2 Å². The van der Waals surface area contributed by atoms with E-state index in [0.29, 0.717) is 18.8 Å². The number of amides is 1. The molecule has 1 heterocycles. The Labute approximate surface area is 167 Å². The number of para-hydroxylation sites is 1. The molecule has 0 atom stereocenters. The summed E-state index contributed by atoms with van der Waals surface area (Å²) in [5, 5.41) is 3.30. The maximum atomic E-state index is 13.1. The molecule has 0 unspecified atom stereocenters. The molecular formula is C21H29N3O3S. The molecule has 28 heavy (non-hydrogen) atoms. The average Bonchev–Trinajstić information content (AvgIpc) is 2.62. The van der Waals surface area contributed by atoms with Crippen molar-refractivity contribution in [2.75, 3.05) is 23.9 Å². The number of anilines is 1. The predicted molar refractivity (Wildman–Crippen MR) is 108 cm³/mol. The fourth-order valence-corrected chi connectivity index (χ4v) is 8.20. The van der Waals surface area contributed by atoms with Gasteiger partial charge in [-0.1, -0.05) is 18.2 Å². The van der Waals surface area contributed by atoms with Crippen molar-refractivity contribution in [2.24, 2.45) is 17.8 Å². The fourth-order valence-electron chi connectivity index (χ4n) is 6.54. The van der Waals surface area contributed by atoms with E-state index in [9.17, 15) is 13.2 Å². The van der Waals surface area contributed by atoms with Gasteiger partial charge in [0.15, 0.2) is 0 Å². The molecule has 1 aromatic rings. The van der Waals surface area contributed by atoms with Gasteiger partial charge in [0.05, 0.1) is 12.2 Å². The molecule has 0 radical (unpaired) electrons. The first kappa shape index (κ1) is 18.4. The van der Waals surface area contributed by atoms with E-state index >= 15 is 0 Å². The minimum atomic E-state index is -3.67. The lowest BCUT2D eigenvalue weighted by Gasteiger charge is -2.57. The molecule has 0 spiro atoms. The van der Waals surface area contributed by atoms with Crippen molar-refractivity contribution in [1.82, 2.24) is 9.62 Å². The number of benzene rings is 1. The van der Waals surface area contributed by atoms with Gasteiger partial charge in [-0.3, -0.25) is 9.10 Å². The van der Waals surface area contributed by atoms with Crippen LogP contribution in [0.2, 0.25) is 0 Å². The predicted octanol–water partition coefficient (Wildman–Crippen LogP) is 2.53. The van der Waals surface area contributed by atoms with E-state index in [-0.39, 0.29) is 18.0 Å². The zero-order chi connectivity index (χ0) is 19.4. The first-order chi connectivity index (χ1) is 13.4. The number of nitrogens with zero attached hydrogens (tertiary/aromatic N) is 2. The highest BCUT2D eigenvalue weighted by Gasteiger charge is 2.51. The van der Waals surface area contributed by atoms with Crippen LogP contribution >= 0.6 is 0 Å². The summed E-state index contributed by atoms with van der Waals surface area (Å²) in [6.45, 7) is 0.785. The van der Waals surface area contributed by atoms with Crippen LogP contribution in [-0.2, 0) is 15.0 Å². The Hall–Kier alpha value is -1.60. The van der Waals surface area contributed by atoms with Gasteiger partial charge >= 0.3 is 10.2 Å². The highest BCUT2D eigenvalue weighted by atomic mass is 32.2. The molecule has 4 saturated carbocycles. The van der Waals surface area contributed by atoms with Crippen LogP contribution < -0.4 is 9.62 Å². The van der Waals surface area contributed by atoms with Gasteiger partial charge in [0.2, 0.25) is 5.91 Å². The number of carbonyl (C=O) groups excluding carboxylic acids is 1. The normalized spacial score (nSPS) is 36.4. The Kier molecular flexibility index (Phi) is 4.43. The third-order valence-corrected chi connectivity index (χ3v) is 9.10. The van der Waals surface area contributed by atoms with Gasteiger partial charge in [-0.2, -0.15) is 12.7 Å². The Balaban J connectivity index is 1.28. The second-order valence-electron chi connectivity index (χ2n) is 9.35. The van der Waals surface area contributed by atoms with Gasteiger partial charge in [0.1, 0.15) is 0 Å². The monoisotopic (exact) mass is 403 g/mol. The molecule has 0 aromatic heterocycles. The van der Waals surface area contributed by atoms with Crippen LogP contribution in [0.5, 0.6) is 0 Å². The lowest BCUT2D eigenvalue weighted by molar-refractivity contribution is -0.127. The van der Waals surface area contributed by atoms with Gasteiger partial charge in [-0.25, -0.2) is 0 Å². The molecule has 1 saturated heterocycles. The van der Waals surface area contributed by atoms with Gasteiger partial charge in [0.25, 0.3) is 0 Å². The molecule has 6 rings (SSSR count). The zero-order valence-corrected chi connectivity index (χ0v) is 17.0. The van der Waals surface area contributed by atoms with E-state index in [1.165, 1.54) is 27.9 Å². The van der Waals surface area contributed by atoms with E-state index in [0.717, 1.165) is 43.4 Å². The second kappa shape index (κ2) is 6.73. The van der Waals surface area contributed by atoms with Crippen LogP contribution in [0, 0.1) is 17.8 Å². The molecule has 6 nitrogen and oxygen atoms in total. The van der Waals surface area contributed by atoms with Crippen molar-refractivity contribution in [3.63, 3.8) is 0 Å². The standard InChI is InChI=1S/C21H29N3O3S/c25-20(22-21-12-16-9-17(13-21)11-18(10-16)14-21)15-23-7-4-8-24(28(23,26)27)19-5-2-1-3-6-19/h1-3,5-6,16-18H,4,7-15H2,(H,22,25).